The van der Waals surface area contributed by atoms with Crippen LogP contribution in [-0.4, -0.2) is 22.2 Å². The number of para-hydroxylation sites is 1. The van der Waals surface area contributed by atoms with Crippen molar-refractivity contribution < 1.29 is 14.1 Å². The predicted octanol–water partition coefficient (Wildman–Crippen LogP) is 3.16. The molecular weight excluding hydrogens is 314 g/mol. The van der Waals surface area contributed by atoms with Crippen LogP contribution in [0.1, 0.15) is 30.1 Å². The third-order valence-corrected chi connectivity index (χ3v) is 4.37. The van der Waals surface area contributed by atoms with E-state index in [-0.39, 0.29) is 5.69 Å². The lowest BCUT2D eigenvalue weighted by Crippen LogP contribution is -2.16. The van der Waals surface area contributed by atoms with Gasteiger partial charge in [-0.15, -0.1) is 0 Å². The molecule has 0 bridgehead atoms. The smallest absolute Gasteiger partial charge is 0.301 e. The summed E-state index contributed by atoms with van der Waals surface area (Å²) in [6.07, 6.45) is 0. The average molecular weight is 331 g/mol. The number of carbonyl (C=O) groups is 1. The van der Waals surface area contributed by atoms with E-state index in [1.54, 1.807) is 13.0 Å². The summed E-state index contributed by atoms with van der Waals surface area (Å²) in [6.45, 7) is 6.97. The number of fused-ring (bicyclic) bond motifs is 1. The van der Waals surface area contributed by atoms with Crippen LogP contribution >= 0.6 is 11.3 Å². The van der Waals surface area contributed by atoms with E-state index in [0.717, 1.165) is 16.0 Å². The van der Waals surface area contributed by atoms with Crippen molar-refractivity contribution in [1.29, 1.82) is 0 Å². The van der Waals surface area contributed by atoms with Crippen molar-refractivity contribution in [1.82, 2.24) is 9.72 Å². The van der Waals surface area contributed by atoms with Crippen LogP contribution in [0.2, 0.25) is 0 Å². The van der Waals surface area contributed by atoms with Gasteiger partial charge in [0.2, 0.25) is 0 Å². The molecule has 3 rings (SSSR count). The molecule has 0 aliphatic rings. The normalized spacial score (nSPS) is 12.0. The van der Waals surface area contributed by atoms with Crippen LogP contribution in [0.5, 0.6) is 5.75 Å². The molecule has 0 saturated heterocycles. The molecule has 3 aromatic rings. The fourth-order valence-electron chi connectivity index (χ4n) is 2.36. The van der Waals surface area contributed by atoms with Gasteiger partial charge >= 0.3 is 5.91 Å². The van der Waals surface area contributed by atoms with Crippen molar-refractivity contribution in [3.8, 4) is 5.75 Å². The Balaban J connectivity index is 2.16. The summed E-state index contributed by atoms with van der Waals surface area (Å²) in [5.74, 6) is 0.977. The van der Waals surface area contributed by atoms with E-state index in [9.17, 15) is 4.79 Å². The van der Waals surface area contributed by atoms with E-state index in [1.165, 1.54) is 11.3 Å². The molecule has 120 valence electrons. The summed E-state index contributed by atoms with van der Waals surface area (Å²) in [5.41, 5.74) is 1.18. The molecule has 0 radical (unpaired) electrons. The van der Waals surface area contributed by atoms with Gasteiger partial charge in [0, 0.05) is 12.6 Å². The monoisotopic (exact) mass is 331 g/mol. The average Bonchev–Trinajstić information content (AvgIpc) is 3.11. The minimum atomic E-state index is -0.409. The quantitative estimate of drug-likeness (QED) is 0.736. The van der Waals surface area contributed by atoms with Crippen LogP contribution in [-0.2, 0) is 6.54 Å². The zero-order valence-corrected chi connectivity index (χ0v) is 14.0. The van der Waals surface area contributed by atoms with Crippen LogP contribution in [0, 0.1) is 6.92 Å². The third kappa shape index (κ3) is 2.92. The minimum absolute atomic E-state index is 0.215. The number of amides is 1. The maximum Gasteiger partial charge on any atom is 0.301 e. The first-order valence-corrected chi connectivity index (χ1v) is 8.23. The summed E-state index contributed by atoms with van der Waals surface area (Å²) in [7, 11) is 0. The molecule has 0 spiro atoms. The zero-order chi connectivity index (χ0) is 16.4. The summed E-state index contributed by atoms with van der Waals surface area (Å²) in [6, 6.07) is 7.45. The van der Waals surface area contributed by atoms with Gasteiger partial charge in [-0.05, 0) is 32.9 Å². The molecule has 0 N–H and O–H groups in total. The first-order valence-electron chi connectivity index (χ1n) is 7.41. The van der Waals surface area contributed by atoms with Crippen molar-refractivity contribution in [3.63, 3.8) is 0 Å². The van der Waals surface area contributed by atoms with Crippen LogP contribution < -0.4 is 9.54 Å². The maximum absolute atomic E-state index is 12.3. The molecule has 0 unspecified atom stereocenters. The number of ether oxygens (including phenoxy) is 1. The Kier molecular flexibility index (Phi) is 4.29. The number of benzene rings is 1. The fraction of sp³-hybridized carbons (Fsp3) is 0.312. The standard InChI is InChI=1S/C16H17N3O3S/c1-4-19-14-12(21-5-2)7-6-8-13(14)23-16(19)17-15(20)11-9-10(3)22-18-11/h6-9H,4-5H2,1-3H3. The molecule has 0 aliphatic carbocycles. The van der Waals surface area contributed by atoms with E-state index in [2.05, 4.69) is 10.1 Å². The first kappa shape index (κ1) is 15.5. The van der Waals surface area contributed by atoms with Gasteiger partial charge in [0.25, 0.3) is 0 Å². The van der Waals surface area contributed by atoms with Gasteiger partial charge in [-0.25, -0.2) is 0 Å². The highest BCUT2D eigenvalue weighted by molar-refractivity contribution is 7.16. The second-order valence-electron chi connectivity index (χ2n) is 4.90. The largest absolute Gasteiger partial charge is 0.492 e. The molecule has 6 nitrogen and oxygen atoms in total. The summed E-state index contributed by atoms with van der Waals surface area (Å²) in [5, 5.41) is 3.72. The van der Waals surface area contributed by atoms with Crippen LogP contribution in [0.15, 0.2) is 33.8 Å². The van der Waals surface area contributed by atoms with E-state index in [1.807, 2.05) is 36.6 Å². The van der Waals surface area contributed by atoms with Gasteiger partial charge in [-0.2, -0.15) is 4.99 Å². The molecule has 1 aromatic carbocycles. The molecule has 0 aliphatic heterocycles. The number of thiazole rings is 1. The second kappa shape index (κ2) is 6.37. The number of aryl methyl sites for hydroxylation is 2. The van der Waals surface area contributed by atoms with E-state index in [4.69, 9.17) is 9.26 Å². The maximum atomic E-state index is 12.3. The number of carbonyl (C=O) groups excluding carboxylic acids is 1. The molecule has 2 aromatic heterocycles. The van der Waals surface area contributed by atoms with Crippen molar-refractivity contribution in [2.75, 3.05) is 6.61 Å². The fourth-order valence-corrected chi connectivity index (χ4v) is 3.47. The highest BCUT2D eigenvalue weighted by Gasteiger charge is 2.14. The van der Waals surface area contributed by atoms with Gasteiger partial charge in [-0.3, -0.25) is 4.79 Å². The first-order chi connectivity index (χ1) is 11.1. The lowest BCUT2D eigenvalue weighted by molar-refractivity contribution is 0.0989. The Bertz CT molecular complexity index is 920. The van der Waals surface area contributed by atoms with Crippen molar-refractivity contribution in [2.24, 2.45) is 4.99 Å². The highest BCUT2D eigenvalue weighted by atomic mass is 32.1. The molecule has 23 heavy (non-hydrogen) atoms. The zero-order valence-electron chi connectivity index (χ0n) is 13.2. The van der Waals surface area contributed by atoms with Crippen molar-refractivity contribution >= 4 is 27.5 Å². The summed E-state index contributed by atoms with van der Waals surface area (Å²) >= 11 is 1.46. The van der Waals surface area contributed by atoms with Gasteiger partial charge in [0.1, 0.15) is 17.0 Å². The SMILES string of the molecule is CCOc1cccc2sc(=NC(=O)c3cc(C)on3)n(CC)c12. The lowest BCUT2D eigenvalue weighted by atomic mass is 10.3. The topological polar surface area (TPSA) is 69.6 Å². The Morgan fingerprint density at radius 2 is 2.26 bits per heavy atom. The number of hydrogen-bond donors (Lipinski definition) is 0. The molecule has 0 saturated carbocycles. The van der Waals surface area contributed by atoms with Crippen molar-refractivity contribution in [3.05, 3.63) is 40.5 Å². The Morgan fingerprint density at radius 3 is 2.91 bits per heavy atom. The molecule has 0 fully saturated rings. The number of rotatable bonds is 4. The summed E-state index contributed by atoms with van der Waals surface area (Å²) < 4.78 is 13.6. The molecule has 7 heteroatoms. The van der Waals surface area contributed by atoms with Gasteiger partial charge in [-0.1, -0.05) is 22.6 Å². The number of aromatic nitrogens is 2. The van der Waals surface area contributed by atoms with Crippen LogP contribution in [0.3, 0.4) is 0 Å². The molecule has 1 amide bonds. The Morgan fingerprint density at radius 1 is 1.43 bits per heavy atom. The third-order valence-electron chi connectivity index (χ3n) is 3.32. The highest BCUT2D eigenvalue weighted by Crippen LogP contribution is 2.27. The minimum Gasteiger partial charge on any atom is -0.492 e. The summed E-state index contributed by atoms with van der Waals surface area (Å²) in [4.78, 5) is 17.1. The van der Waals surface area contributed by atoms with E-state index in [0.29, 0.717) is 23.7 Å². The molecular formula is C16H17N3O3S. The predicted molar refractivity (Wildman–Crippen MR) is 87.8 cm³/mol. The van der Waals surface area contributed by atoms with Gasteiger partial charge in [0.15, 0.2) is 10.5 Å². The number of nitrogens with zero attached hydrogens (tertiary/aromatic N) is 3. The Hall–Kier alpha value is -2.41. The lowest BCUT2D eigenvalue weighted by Gasteiger charge is -2.07. The van der Waals surface area contributed by atoms with Crippen LogP contribution in [0.25, 0.3) is 10.2 Å². The van der Waals surface area contributed by atoms with Gasteiger partial charge < -0.3 is 13.8 Å². The molecule has 0 atom stereocenters. The van der Waals surface area contributed by atoms with E-state index < -0.39 is 5.91 Å². The van der Waals surface area contributed by atoms with Crippen LogP contribution in [0.4, 0.5) is 0 Å². The van der Waals surface area contributed by atoms with E-state index >= 15 is 0 Å². The Labute approximate surface area is 137 Å². The van der Waals surface area contributed by atoms with Crippen molar-refractivity contribution in [2.45, 2.75) is 27.3 Å². The second-order valence-corrected chi connectivity index (χ2v) is 5.91. The molecule has 2 heterocycles. The number of hydrogen-bond acceptors (Lipinski definition) is 5. The van der Waals surface area contributed by atoms with Gasteiger partial charge in [0.05, 0.1) is 11.3 Å².